The number of ether oxygens (including phenoxy) is 3. The predicted octanol–water partition coefficient (Wildman–Crippen LogP) is 7.12. The number of allylic oxidation sites excluding steroid dienone is 2. The van der Waals surface area contributed by atoms with E-state index in [4.69, 9.17) is 14.2 Å². The minimum absolute atomic E-state index is 0.0646. The summed E-state index contributed by atoms with van der Waals surface area (Å²) in [5.74, 6) is 2.83. The summed E-state index contributed by atoms with van der Waals surface area (Å²) >= 11 is 3.55. The van der Waals surface area contributed by atoms with Crippen molar-refractivity contribution in [3.05, 3.63) is 34.9 Å². The highest BCUT2D eigenvalue weighted by atomic mass is 79.9. The Bertz CT molecular complexity index is 751. The van der Waals surface area contributed by atoms with Crippen LogP contribution in [0.4, 0.5) is 0 Å². The molecule has 1 heterocycles. The highest BCUT2D eigenvalue weighted by molar-refractivity contribution is 9.09. The fraction of sp³-hybridized carbons (Fsp3) is 0.680. The minimum atomic E-state index is -0.188. The third-order valence-electron chi connectivity index (χ3n) is 6.79. The molecule has 162 valence electrons. The Hall–Kier alpha value is -1.00. The van der Waals surface area contributed by atoms with Gasteiger partial charge in [0.25, 0.3) is 0 Å². The normalized spacial score (nSPS) is 22.9. The molecule has 0 saturated heterocycles. The maximum absolute atomic E-state index is 6.65. The molecule has 2 atom stereocenters. The van der Waals surface area contributed by atoms with Crippen LogP contribution < -0.4 is 9.47 Å². The second-order valence-electron chi connectivity index (χ2n) is 9.88. The quantitative estimate of drug-likeness (QED) is 0.177. The van der Waals surface area contributed by atoms with E-state index in [1.165, 1.54) is 29.5 Å². The first-order valence-electron chi connectivity index (χ1n) is 10.9. The van der Waals surface area contributed by atoms with Crippen LogP contribution in [0.3, 0.4) is 0 Å². The maximum Gasteiger partial charge on any atom is 0.188 e. The van der Waals surface area contributed by atoms with Gasteiger partial charge in [-0.15, -0.1) is 0 Å². The summed E-state index contributed by atoms with van der Waals surface area (Å²) in [5.41, 5.74) is 3.86. The molecule has 0 bridgehead atoms. The molecule has 29 heavy (non-hydrogen) atoms. The third kappa shape index (κ3) is 4.85. The molecule has 0 saturated carbocycles. The van der Waals surface area contributed by atoms with Gasteiger partial charge < -0.3 is 14.2 Å². The molecule has 1 aliphatic heterocycles. The van der Waals surface area contributed by atoms with Crippen LogP contribution in [-0.2, 0) is 10.2 Å². The highest BCUT2D eigenvalue weighted by Crippen LogP contribution is 2.55. The predicted molar refractivity (Wildman–Crippen MR) is 124 cm³/mol. The first-order chi connectivity index (χ1) is 13.7. The number of hydrogen-bond donors (Lipinski definition) is 0. The smallest absolute Gasteiger partial charge is 0.188 e. The SMILES string of the molecule is COCOc1cc(C(C)(C)CCCCBr)cc2c1[C@@H]1CC(C)=CC[C@H]1C(C)(C)O2. The summed E-state index contributed by atoms with van der Waals surface area (Å²) in [6.07, 6.45) is 8.05. The van der Waals surface area contributed by atoms with Gasteiger partial charge in [0, 0.05) is 29.8 Å². The zero-order valence-corrected chi connectivity index (χ0v) is 20.5. The molecule has 1 aliphatic carbocycles. The van der Waals surface area contributed by atoms with Crippen LogP contribution in [0.25, 0.3) is 0 Å². The van der Waals surface area contributed by atoms with Gasteiger partial charge in [0.2, 0.25) is 0 Å². The fourth-order valence-corrected chi connectivity index (χ4v) is 5.38. The summed E-state index contributed by atoms with van der Waals surface area (Å²) in [6, 6.07) is 4.53. The molecule has 1 aromatic carbocycles. The number of benzene rings is 1. The lowest BCUT2D eigenvalue weighted by atomic mass is 9.66. The Labute approximate surface area is 185 Å². The second kappa shape index (κ2) is 9.01. The van der Waals surface area contributed by atoms with E-state index >= 15 is 0 Å². The second-order valence-corrected chi connectivity index (χ2v) is 10.7. The number of methoxy groups -OCH3 is 1. The summed E-state index contributed by atoms with van der Waals surface area (Å²) in [7, 11) is 1.68. The lowest BCUT2D eigenvalue weighted by Crippen LogP contribution is -2.45. The van der Waals surface area contributed by atoms with Crippen molar-refractivity contribution in [3.8, 4) is 11.5 Å². The molecule has 0 amide bonds. The Morgan fingerprint density at radius 1 is 1.24 bits per heavy atom. The fourth-order valence-electron chi connectivity index (χ4n) is 4.98. The molecule has 0 radical (unpaired) electrons. The molecule has 0 spiro atoms. The van der Waals surface area contributed by atoms with Crippen LogP contribution in [0.2, 0.25) is 0 Å². The molecule has 3 rings (SSSR count). The van der Waals surface area contributed by atoms with Crippen LogP contribution in [0.1, 0.15) is 83.8 Å². The lowest BCUT2D eigenvalue weighted by Gasteiger charge is -2.47. The van der Waals surface area contributed by atoms with Gasteiger partial charge in [-0.25, -0.2) is 0 Å². The van der Waals surface area contributed by atoms with E-state index in [1.54, 1.807) is 7.11 Å². The van der Waals surface area contributed by atoms with Crippen LogP contribution >= 0.6 is 15.9 Å². The highest BCUT2D eigenvalue weighted by Gasteiger charge is 2.46. The van der Waals surface area contributed by atoms with Gasteiger partial charge in [0.1, 0.15) is 17.1 Å². The molecular formula is C25H37BrO3. The van der Waals surface area contributed by atoms with Crippen molar-refractivity contribution in [1.82, 2.24) is 0 Å². The van der Waals surface area contributed by atoms with Gasteiger partial charge >= 0.3 is 0 Å². The molecule has 0 aromatic heterocycles. The van der Waals surface area contributed by atoms with Gasteiger partial charge in [-0.3, -0.25) is 0 Å². The summed E-state index contributed by atoms with van der Waals surface area (Å²) in [5, 5.41) is 1.06. The molecule has 3 nitrogen and oxygen atoms in total. The van der Waals surface area contributed by atoms with Crippen molar-refractivity contribution >= 4 is 15.9 Å². The summed E-state index contributed by atoms with van der Waals surface area (Å²) in [4.78, 5) is 0. The largest absolute Gasteiger partial charge is 0.487 e. The van der Waals surface area contributed by atoms with Gasteiger partial charge in [-0.05, 0) is 69.6 Å². The van der Waals surface area contributed by atoms with E-state index in [2.05, 4.69) is 68.8 Å². The lowest BCUT2D eigenvalue weighted by molar-refractivity contribution is 0.00386. The Morgan fingerprint density at radius 2 is 2.00 bits per heavy atom. The van der Waals surface area contributed by atoms with Gasteiger partial charge in [-0.2, -0.15) is 0 Å². The van der Waals surface area contributed by atoms with E-state index in [-0.39, 0.29) is 17.8 Å². The molecule has 4 heteroatoms. The number of alkyl halides is 1. The number of unbranched alkanes of at least 4 members (excludes halogenated alkanes) is 1. The number of rotatable bonds is 8. The van der Waals surface area contributed by atoms with Crippen LogP contribution in [0.15, 0.2) is 23.8 Å². The van der Waals surface area contributed by atoms with E-state index in [0.717, 1.165) is 36.1 Å². The number of hydrogen-bond acceptors (Lipinski definition) is 3. The average Bonchev–Trinajstić information content (AvgIpc) is 2.65. The Balaban J connectivity index is 2.06. The van der Waals surface area contributed by atoms with E-state index in [9.17, 15) is 0 Å². The van der Waals surface area contributed by atoms with Crippen molar-refractivity contribution in [2.45, 2.75) is 83.7 Å². The minimum Gasteiger partial charge on any atom is -0.487 e. The van der Waals surface area contributed by atoms with E-state index in [0.29, 0.717) is 11.8 Å². The van der Waals surface area contributed by atoms with E-state index < -0.39 is 0 Å². The topological polar surface area (TPSA) is 27.7 Å². The number of fused-ring (bicyclic) bond motifs is 3. The summed E-state index contributed by atoms with van der Waals surface area (Å²) in [6.45, 7) is 11.6. The van der Waals surface area contributed by atoms with Crippen LogP contribution in [-0.4, -0.2) is 24.8 Å². The van der Waals surface area contributed by atoms with Crippen LogP contribution in [0.5, 0.6) is 11.5 Å². The third-order valence-corrected chi connectivity index (χ3v) is 7.35. The number of halogens is 1. The molecule has 0 N–H and O–H groups in total. The molecule has 2 aliphatic rings. The first kappa shape index (κ1) is 22.7. The molecule has 0 fully saturated rings. The first-order valence-corrected chi connectivity index (χ1v) is 12.0. The van der Waals surface area contributed by atoms with Crippen molar-refractivity contribution in [3.63, 3.8) is 0 Å². The standard InChI is InChI=1S/C25H37BrO3/c1-17-9-10-20-19(13-17)23-21(28-16-27-6)14-18(15-22(23)29-25(20,4)5)24(2,3)11-7-8-12-26/h9,14-15,19-20H,7-8,10-13,16H2,1-6H3/t19-,20-/m1/s1. The Kier molecular flexibility index (Phi) is 7.05. The van der Waals surface area contributed by atoms with Gasteiger partial charge in [0.05, 0.1) is 0 Å². The molecule has 0 unspecified atom stereocenters. The van der Waals surface area contributed by atoms with Crippen LogP contribution in [0, 0.1) is 5.92 Å². The zero-order valence-electron chi connectivity index (χ0n) is 18.9. The molecular weight excluding hydrogens is 428 g/mol. The average molecular weight is 465 g/mol. The maximum atomic E-state index is 6.65. The van der Waals surface area contributed by atoms with Crippen molar-refractivity contribution in [1.29, 1.82) is 0 Å². The molecule has 1 aromatic rings. The van der Waals surface area contributed by atoms with E-state index in [1.807, 2.05) is 0 Å². The monoisotopic (exact) mass is 464 g/mol. The summed E-state index contributed by atoms with van der Waals surface area (Å²) < 4.78 is 18.0. The van der Waals surface area contributed by atoms with Crippen molar-refractivity contribution in [2.75, 3.05) is 19.2 Å². The van der Waals surface area contributed by atoms with Crippen molar-refractivity contribution < 1.29 is 14.2 Å². The van der Waals surface area contributed by atoms with Crippen molar-refractivity contribution in [2.24, 2.45) is 5.92 Å². The van der Waals surface area contributed by atoms with Gasteiger partial charge in [-0.1, -0.05) is 47.8 Å². The Morgan fingerprint density at radius 3 is 2.69 bits per heavy atom. The zero-order chi connectivity index (χ0) is 21.2. The van der Waals surface area contributed by atoms with Gasteiger partial charge in [0.15, 0.2) is 6.79 Å².